The van der Waals surface area contributed by atoms with E-state index in [1.165, 1.54) is 12.4 Å². The van der Waals surface area contributed by atoms with Crippen molar-refractivity contribution in [3.63, 3.8) is 0 Å². The van der Waals surface area contributed by atoms with E-state index in [1.807, 2.05) is 12.1 Å². The van der Waals surface area contributed by atoms with Gasteiger partial charge in [0.15, 0.2) is 0 Å². The number of halogens is 1. The molecule has 1 heterocycles. The van der Waals surface area contributed by atoms with E-state index in [0.29, 0.717) is 11.1 Å². The first kappa shape index (κ1) is 13.5. The summed E-state index contributed by atoms with van der Waals surface area (Å²) in [5, 5.41) is 0. The highest BCUT2D eigenvalue weighted by atomic mass is 127. The van der Waals surface area contributed by atoms with Gasteiger partial charge in [0.1, 0.15) is 0 Å². The molecule has 1 aromatic carbocycles. The summed E-state index contributed by atoms with van der Waals surface area (Å²) in [4.78, 5) is 27.2. The molecule has 0 aliphatic carbocycles. The van der Waals surface area contributed by atoms with E-state index >= 15 is 0 Å². The molecule has 6 heteroatoms. The van der Waals surface area contributed by atoms with E-state index in [0.717, 1.165) is 3.57 Å². The zero-order valence-corrected chi connectivity index (χ0v) is 11.9. The minimum Gasteiger partial charge on any atom is -0.267 e. The number of pyridine rings is 1. The van der Waals surface area contributed by atoms with Gasteiger partial charge in [-0.25, -0.2) is 0 Å². The Hall–Kier alpha value is -1.96. The van der Waals surface area contributed by atoms with Crippen LogP contribution in [0, 0.1) is 3.57 Å². The second-order valence-electron chi connectivity index (χ2n) is 3.65. The number of nitrogens with zero attached hydrogens (tertiary/aromatic N) is 1. The van der Waals surface area contributed by atoms with E-state index in [-0.39, 0.29) is 11.8 Å². The van der Waals surface area contributed by atoms with Crippen molar-refractivity contribution in [2.75, 3.05) is 0 Å². The van der Waals surface area contributed by atoms with Gasteiger partial charge in [-0.1, -0.05) is 0 Å². The van der Waals surface area contributed by atoms with Crippen molar-refractivity contribution in [3.05, 3.63) is 63.5 Å². The Labute approximate surface area is 123 Å². The summed E-state index contributed by atoms with van der Waals surface area (Å²) >= 11 is 2.15. The fraction of sp³-hybridized carbons (Fsp3) is 0. The molecule has 96 valence electrons. The average molecular weight is 367 g/mol. The molecule has 5 nitrogen and oxygen atoms in total. The maximum Gasteiger partial charge on any atom is 0.269 e. The van der Waals surface area contributed by atoms with Gasteiger partial charge in [0, 0.05) is 27.1 Å². The summed E-state index contributed by atoms with van der Waals surface area (Å²) in [7, 11) is 0. The van der Waals surface area contributed by atoms with Gasteiger partial charge in [-0.05, 0) is 59.0 Å². The first-order valence-corrected chi connectivity index (χ1v) is 6.51. The summed E-state index contributed by atoms with van der Waals surface area (Å²) in [6.45, 7) is 0. The summed E-state index contributed by atoms with van der Waals surface area (Å²) < 4.78 is 1.04. The fourth-order valence-corrected chi connectivity index (χ4v) is 1.72. The number of benzene rings is 1. The smallest absolute Gasteiger partial charge is 0.267 e. The molecule has 0 radical (unpaired) electrons. The molecule has 0 fully saturated rings. The van der Waals surface area contributed by atoms with Crippen LogP contribution in [0.3, 0.4) is 0 Å². The van der Waals surface area contributed by atoms with Crippen molar-refractivity contribution >= 4 is 34.4 Å². The first-order valence-electron chi connectivity index (χ1n) is 5.43. The molecule has 0 saturated heterocycles. The predicted octanol–water partition coefficient (Wildman–Crippen LogP) is 1.76. The van der Waals surface area contributed by atoms with Crippen LogP contribution in [0.15, 0.2) is 48.8 Å². The molecule has 0 aliphatic rings. The van der Waals surface area contributed by atoms with Gasteiger partial charge in [0.05, 0.1) is 0 Å². The van der Waals surface area contributed by atoms with E-state index in [2.05, 4.69) is 38.4 Å². The third kappa shape index (κ3) is 3.75. The molecular weight excluding hydrogens is 357 g/mol. The SMILES string of the molecule is O=C(NNC(=O)c1ccc(I)cc1)c1ccncc1. The highest BCUT2D eigenvalue weighted by Crippen LogP contribution is 2.06. The Morgan fingerprint density at radius 3 is 1.84 bits per heavy atom. The van der Waals surface area contributed by atoms with Crippen molar-refractivity contribution in [1.82, 2.24) is 15.8 Å². The predicted molar refractivity (Wildman–Crippen MR) is 78.3 cm³/mol. The maximum absolute atomic E-state index is 11.8. The van der Waals surface area contributed by atoms with Gasteiger partial charge in [0.25, 0.3) is 11.8 Å². The monoisotopic (exact) mass is 367 g/mol. The standard InChI is InChI=1S/C13H10IN3O2/c14-11-3-1-9(2-4-11)12(18)16-17-13(19)10-5-7-15-8-6-10/h1-8H,(H,16,18)(H,17,19). The Morgan fingerprint density at radius 2 is 1.32 bits per heavy atom. The Morgan fingerprint density at radius 1 is 0.842 bits per heavy atom. The molecule has 0 spiro atoms. The van der Waals surface area contributed by atoms with Gasteiger partial charge in [-0.15, -0.1) is 0 Å². The number of hydrogen-bond donors (Lipinski definition) is 2. The number of amides is 2. The maximum atomic E-state index is 11.8. The third-order valence-corrected chi connectivity index (χ3v) is 3.06. The molecule has 19 heavy (non-hydrogen) atoms. The first-order chi connectivity index (χ1) is 9.16. The zero-order chi connectivity index (χ0) is 13.7. The van der Waals surface area contributed by atoms with Gasteiger partial charge in [-0.2, -0.15) is 0 Å². The van der Waals surface area contributed by atoms with Crippen molar-refractivity contribution in [1.29, 1.82) is 0 Å². The number of nitrogens with one attached hydrogen (secondary N) is 2. The molecule has 2 amide bonds. The summed E-state index contributed by atoms with van der Waals surface area (Å²) in [6.07, 6.45) is 3.02. The van der Waals surface area contributed by atoms with Crippen LogP contribution in [0.1, 0.15) is 20.7 Å². The summed E-state index contributed by atoms with van der Waals surface area (Å²) in [5.41, 5.74) is 5.61. The van der Waals surface area contributed by atoms with Gasteiger partial charge in [0.2, 0.25) is 0 Å². The third-order valence-electron chi connectivity index (χ3n) is 2.34. The lowest BCUT2D eigenvalue weighted by atomic mass is 10.2. The molecule has 0 aliphatic heterocycles. The van der Waals surface area contributed by atoms with Crippen molar-refractivity contribution in [2.45, 2.75) is 0 Å². The number of rotatable bonds is 2. The van der Waals surface area contributed by atoms with Crippen molar-refractivity contribution in [3.8, 4) is 0 Å². The van der Waals surface area contributed by atoms with Gasteiger partial charge >= 0.3 is 0 Å². The average Bonchev–Trinajstić information content (AvgIpc) is 2.46. The van der Waals surface area contributed by atoms with E-state index in [4.69, 9.17) is 0 Å². The van der Waals surface area contributed by atoms with Crippen molar-refractivity contribution < 1.29 is 9.59 Å². The van der Waals surface area contributed by atoms with Gasteiger partial charge in [-0.3, -0.25) is 25.4 Å². The van der Waals surface area contributed by atoms with Crippen LogP contribution >= 0.6 is 22.6 Å². The molecule has 0 bridgehead atoms. The van der Waals surface area contributed by atoms with Crippen molar-refractivity contribution in [2.24, 2.45) is 0 Å². The second kappa shape index (κ2) is 6.28. The van der Waals surface area contributed by atoms with E-state index in [1.54, 1.807) is 24.3 Å². The normalized spacial score (nSPS) is 9.74. The largest absolute Gasteiger partial charge is 0.269 e. The molecule has 0 unspecified atom stereocenters. The lowest BCUT2D eigenvalue weighted by molar-refractivity contribution is 0.0846. The number of aromatic nitrogens is 1. The lowest BCUT2D eigenvalue weighted by Crippen LogP contribution is -2.41. The highest BCUT2D eigenvalue weighted by Gasteiger charge is 2.08. The van der Waals surface area contributed by atoms with Crippen LogP contribution in [0.4, 0.5) is 0 Å². The molecule has 2 N–H and O–H groups in total. The quantitative estimate of drug-likeness (QED) is 0.628. The lowest BCUT2D eigenvalue weighted by Gasteiger charge is -2.07. The minimum absolute atomic E-state index is 0.362. The number of carbonyl (C=O) groups is 2. The number of hydrogen-bond acceptors (Lipinski definition) is 3. The molecule has 0 saturated carbocycles. The summed E-state index contributed by atoms with van der Waals surface area (Å²) in [5.74, 6) is -0.750. The minimum atomic E-state index is -0.388. The van der Waals surface area contributed by atoms with Gasteiger partial charge < -0.3 is 0 Å². The Bertz CT molecular complexity index is 585. The van der Waals surface area contributed by atoms with Crippen LogP contribution in [-0.4, -0.2) is 16.8 Å². The molecule has 2 aromatic rings. The van der Waals surface area contributed by atoms with Crippen LogP contribution in [-0.2, 0) is 0 Å². The molecular formula is C13H10IN3O2. The van der Waals surface area contributed by atoms with Crippen LogP contribution in [0.25, 0.3) is 0 Å². The Kier molecular flexibility index (Phi) is 4.45. The fourth-order valence-electron chi connectivity index (χ4n) is 1.36. The number of carbonyl (C=O) groups excluding carboxylic acids is 2. The second-order valence-corrected chi connectivity index (χ2v) is 4.90. The topological polar surface area (TPSA) is 71.1 Å². The van der Waals surface area contributed by atoms with Crippen LogP contribution in [0.5, 0.6) is 0 Å². The summed E-state index contributed by atoms with van der Waals surface area (Å²) in [6, 6.07) is 10.1. The van der Waals surface area contributed by atoms with Crippen LogP contribution < -0.4 is 10.9 Å². The van der Waals surface area contributed by atoms with E-state index in [9.17, 15) is 9.59 Å². The van der Waals surface area contributed by atoms with Crippen LogP contribution in [0.2, 0.25) is 0 Å². The molecule has 0 atom stereocenters. The zero-order valence-electron chi connectivity index (χ0n) is 9.76. The molecule has 1 aromatic heterocycles. The number of hydrazine groups is 1. The molecule has 2 rings (SSSR count). The highest BCUT2D eigenvalue weighted by molar-refractivity contribution is 14.1. The van der Waals surface area contributed by atoms with E-state index < -0.39 is 0 Å². The Balaban J connectivity index is 1.94.